The summed E-state index contributed by atoms with van der Waals surface area (Å²) in [5.41, 5.74) is 1.30. The van der Waals surface area contributed by atoms with E-state index in [1.807, 2.05) is 16.7 Å². The molecule has 0 aliphatic carbocycles. The van der Waals surface area contributed by atoms with Crippen LogP contribution in [0.3, 0.4) is 0 Å². The third kappa shape index (κ3) is 5.15. The minimum atomic E-state index is -0.728. The summed E-state index contributed by atoms with van der Waals surface area (Å²) in [6, 6.07) is 8.63. The number of aliphatic carboxylic acids is 1. The zero-order valence-corrected chi connectivity index (χ0v) is 12.7. The van der Waals surface area contributed by atoms with Gasteiger partial charge in [-0.2, -0.15) is 0 Å². The molecule has 5 heteroatoms. The molecule has 110 valence electrons. The van der Waals surface area contributed by atoms with Gasteiger partial charge in [-0.1, -0.05) is 17.7 Å². The summed E-state index contributed by atoms with van der Waals surface area (Å²) >= 11 is 1.88. The Labute approximate surface area is 124 Å². The second-order valence-electron chi connectivity index (χ2n) is 5.17. The molecule has 1 aliphatic heterocycles. The Kier molecular flexibility index (Phi) is 5.88. The van der Waals surface area contributed by atoms with Crippen LogP contribution in [0.25, 0.3) is 0 Å². The summed E-state index contributed by atoms with van der Waals surface area (Å²) in [5, 5.41) is 8.76. The van der Waals surface area contributed by atoms with Crippen molar-refractivity contribution in [2.24, 2.45) is 0 Å². The average Bonchev–Trinajstić information content (AvgIpc) is 2.42. The molecule has 4 nitrogen and oxygen atoms in total. The first-order valence-electron chi connectivity index (χ1n) is 6.99. The van der Waals surface area contributed by atoms with Crippen LogP contribution >= 0.6 is 11.8 Å². The van der Waals surface area contributed by atoms with Gasteiger partial charge in [-0.15, -0.1) is 11.8 Å². The van der Waals surface area contributed by atoms with Crippen LogP contribution in [-0.2, 0) is 4.79 Å². The highest BCUT2D eigenvalue weighted by atomic mass is 32.2. The van der Waals surface area contributed by atoms with Gasteiger partial charge in [0.1, 0.15) is 0 Å². The molecule has 0 radical (unpaired) electrons. The van der Waals surface area contributed by atoms with E-state index in [-0.39, 0.29) is 6.54 Å². The fourth-order valence-electron chi connectivity index (χ4n) is 2.29. The van der Waals surface area contributed by atoms with Crippen LogP contribution in [-0.4, -0.2) is 65.9 Å². The molecule has 1 aromatic rings. The molecular weight excluding hydrogens is 272 g/mol. The summed E-state index contributed by atoms with van der Waals surface area (Å²) in [4.78, 5) is 16.4. The summed E-state index contributed by atoms with van der Waals surface area (Å²) in [6.07, 6.45) is 0. The Morgan fingerprint density at radius 3 is 2.35 bits per heavy atom. The minimum absolute atomic E-state index is 0.173. The summed E-state index contributed by atoms with van der Waals surface area (Å²) in [5.74, 6) is 0.357. The highest BCUT2D eigenvalue weighted by molar-refractivity contribution is 7.99. The van der Waals surface area contributed by atoms with Crippen molar-refractivity contribution in [3.05, 3.63) is 29.8 Å². The molecule has 0 aromatic heterocycles. The van der Waals surface area contributed by atoms with Crippen molar-refractivity contribution >= 4 is 17.7 Å². The molecular formula is C15H22N2O2S. The number of carboxylic acids is 1. The lowest BCUT2D eigenvalue weighted by Crippen LogP contribution is -2.48. The maximum atomic E-state index is 10.6. The number of aryl methyl sites for hydroxylation is 1. The molecule has 0 atom stereocenters. The van der Waals surface area contributed by atoms with Gasteiger partial charge in [0.15, 0.2) is 0 Å². The van der Waals surface area contributed by atoms with Gasteiger partial charge in [-0.25, -0.2) is 0 Å². The number of thioether (sulfide) groups is 1. The third-order valence-electron chi connectivity index (χ3n) is 3.52. The van der Waals surface area contributed by atoms with Crippen molar-refractivity contribution in [3.8, 4) is 0 Å². The van der Waals surface area contributed by atoms with Gasteiger partial charge < -0.3 is 5.11 Å². The molecule has 0 bridgehead atoms. The van der Waals surface area contributed by atoms with E-state index in [2.05, 4.69) is 36.1 Å². The molecule has 20 heavy (non-hydrogen) atoms. The van der Waals surface area contributed by atoms with Crippen molar-refractivity contribution < 1.29 is 9.90 Å². The van der Waals surface area contributed by atoms with Crippen LogP contribution in [0.4, 0.5) is 0 Å². The average molecular weight is 294 g/mol. The van der Waals surface area contributed by atoms with E-state index >= 15 is 0 Å². The lowest BCUT2D eigenvalue weighted by atomic mass is 10.2. The summed E-state index contributed by atoms with van der Waals surface area (Å²) in [6.45, 7) is 7.02. The first kappa shape index (κ1) is 15.4. The Bertz CT molecular complexity index is 428. The maximum Gasteiger partial charge on any atom is 0.317 e. The number of hydrogen-bond acceptors (Lipinski definition) is 4. The van der Waals surface area contributed by atoms with Crippen LogP contribution in [0.5, 0.6) is 0 Å². The van der Waals surface area contributed by atoms with Gasteiger partial charge in [0.2, 0.25) is 0 Å². The fourth-order valence-corrected chi connectivity index (χ4v) is 3.20. The molecule has 0 saturated carbocycles. The van der Waals surface area contributed by atoms with Crippen LogP contribution in [0, 0.1) is 6.92 Å². The maximum absolute atomic E-state index is 10.6. The zero-order valence-electron chi connectivity index (χ0n) is 11.9. The van der Waals surface area contributed by atoms with Crippen molar-refractivity contribution in [2.75, 3.05) is 45.0 Å². The predicted octanol–water partition coefficient (Wildman–Crippen LogP) is 1.79. The Hall–Kier alpha value is -1.04. The first-order chi connectivity index (χ1) is 9.63. The standard InChI is InChI=1S/C15H22N2O2S/c1-13-2-4-14(5-3-13)20-11-10-16-6-8-17(9-7-16)12-15(18)19/h2-5H,6-12H2,1H3,(H,18,19). The molecule has 1 N–H and O–H groups in total. The van der Waals surface area contributed by atoms with E-state index in [4.69, 9.17) is 5.11 Å². The van der Waals surface area contributed by atoms with Gasteiger partial charge in [0.25, 0.3) is 0 Å². The Morgan fingerprint density at radius 2 is 1.75 bits per heavy atom. The van der Waals surface area contributed by atoms with Gasteiger partial charge >= 0.3 is 5.97 Å². The highest BCUT2D eigenvalue weighted by Gasteiger charge is 2.17. The second kappa shape index (κ2) is 7.67. The highest BCUT2D eigenvalue weighted by Crippen LogP contribution is 2.18. The predicted molar refractivity (Wildman–Crippen MR) is 82.4 cm³/mol. The van der Waals surface area contributed by atoms with Crippen LogP contribution < -0.4 is 0 Å². The third-order valence-corrected chi connectivity index (χ3v) is 4.51. The number of nitrogens with zero attached hydrogens (tertiary/aromatic N) is 2. The minimum Gasteiger partial charge on any atom is -0.480 e. The quantitative estimate of drug-likeness (QED) is 0.810. The molecule has 1 aliphatic rings. The van der Waals surface area contributed by atoms with E-state index in [0.29, 0.717) is 0 Å². The topological polar surface area (TPSA) is 43.8 Å². The lowest BCUT2D eigenvalue weighted by Gasteiger charge is -2.33. The number of benzene rings is 1. The normalized spacial score (nSPS) is 17.2. The summed E-state index contributed by atoms with van der Waals surface area (Å²) in [7, 11) is 0. The molecule has 1 aromatic carbocycles. The van der Waals surface area contributed by atoms with E-state index in [9.17, 15) is 4.79 Å². The van der Waals surface area contributed by atoms with Crippen LogP contribution in [0.2, 0.25) is 0 Å². The fraction of sp³-hybridized carbons (Fsp3) is 0.533. The molecule has 1 saturated heterocycles. The number of rotatable bonds is 6. The van der Waals surface area contributed by atoms with Crippen LogP contribution in [0.1, 0.15) is 5.56 Å². The Morgan fingerprint density at radius 1 is 1.15 bits per heavy atom. The first-order valence-corrected chi connectivity index (χ1v) is 7.98. The number of carboxylic acid groups (broad SMARTS) is 1. The summed E-state index contributed by atoms with van der Waals surface area (Å²) < 4.78 is 0. The van der Waals surface area contributed by atoms with E-state index in [1.165, 1.54) is 10.5 Å². The lowest BCUT2D eigenvalue weighted by molar-refractivity contribution is -0.138. The van der Waals surface area contributed by atoms with Gasteiger partial charge in [0.05, 0.1) is 6.54 Å². The smallest absolute Gasteiger partial charge is 0.317 e. The monoisotopic (exact) mass is 294 g/mol. The number of hydrogen-bond donors (Lipinski definition) is 1. The van der Waals surface area contributed by atoms with Crippen molar-refractivity contribution in [1.29, 1.82) is 0 Å². The van der Waals surface area contributed by atoms with Gasteiger partial charge in [-0.3, -0.25) is 14.6 Å². The van der Waals surface area contributed by atoms with E-state index in [0.717, 1.165) is 38.5 Å². The van der Waals surface area contributed by atoms with Gasteiger partial charge in [0, 0.05) is 43.4 Å². The second-order valence-corrected chi connectivity index (χ2v) is 6.34. The molecule has 1 fully saturated rings. The van der Waals surface area contributed by atoms with Gasteiger partial charge in [-0.05, 0) is 19.1 Å². The van der Waals surface area contributed by atoms with Crippen molar-refractivity contribution in [2.45, 2.75) is 11.8 Å². The molecule has 0 unspecified atom stereocenters. The van der Waals surface area contributed by atoms with E-state index < -0.39 is 5.97 Å². The number of carbonyl (C=O) groups is 1. The van der Waals surface area contributed by atoms with Crippen molar-refractivity contribution in [3.63, 3.8) is 0 Å². The molecule has 0 amide bonds. The molecule has 2 rings (SSSR count). The van der Waals surface area contributed by atoms with E-state index in [1.54, 1.807) is 0 Å². The largest absolute Gasteiger partial charge is 0.480 e. The molecule has 0 spiro atoms. The SMILES string of the molecule is Cc1ccc(SCCN2CCN(CC(=O)O)CC2)cc1. The zero-order chi connectivity index (χ0) is 14.4. The van der Waals surface area contributed by atoms with Crippen molar-refractivity contribution in [1.82, 2.24) is 9.80 Å². The number of piperazine rings is 1. The Balaban J connectivity index is 1.63. The van der Waals surface area contributed by atoms with Crippen LogP contribution in [0.15, 0.2) is 29.2 Å². The molecule has 1 heterocycles.